The van der Waals surface area contributed by atoms with E-state index >= 15 is 0 Å². The van der Waals surface area contributed by atoms with Gasteiger partial charge in [0.1, 0.15) is 6.42 Å². The predicted molar refractivity (Wildman–Crippen MR) is 80.5 cm³/mol. The summed E-state index contributed by atoms with van der Waals surface area (Å²) in [5, 5.41) is 13.8. The number of nitrogens with zero attached hydrogens (tertiary/aromatic N) is 1. The Morgan fingerprint density at radius 1 is 1.10 bits per heavy atom. The largest absolute Gasteiger partial charge is 0.325 e. The van der Waals surface area contributed by atoms with E-state index in [4.69, 9.17) is 5.26 Å². The van der Waals surface area contributed by atoms with Gasteiger partial charge in [-0.25, -0.2) is 0 Å². The van der Waals surface area contributed by atoms with Crippen molar-refractivity contribution in [2.75, 3.05) is 10.6 Å². The van der Waals surface area contributed by atoms with Crippen molar-refractivity contribution in [1.82, 2.24) is 0 Å². The molecule has 0 aromatic heterocycles. The summed E-state index contributed by atoms with van der Waals surface area (Å²) in [4.78, 5) is 23.1. The molecule has 1 aliphatic rings. The van der Waals surface area contributed by atoms with Crippen LogP contribution in [0.1, 0.15) is 32.1 Å². The van der Waals surface area contributed by atoms with Gasteiger partial charge >= 0.3 is 0 Å². The first kappa shape index (κ1) is 14.8. The van der Waals surface area contributed by atoms with Crippen LogP contribution in [0.5, 0.6) is 0 Å². The van der Waals surface area contributed by atoms with Gasteiger partial charge < -0.3 is 10.6 Å². The van der Waals surface area contributed by atoms with E-state index in [2.05, 4.69) is 10.6 Å². The first-order valence-corrected chi connectivity index (χ1v) is 6.94. The Bertz CT molecular complexity index is 589. The number of hydrogen-bond acceptors (Lipinski definition) is 3. The Labute approximate surface area is 123 Å². The molecule has 0 spiro atoms. The highest BCUT2D eigenvalue weighted by atomic mass is 16.2. The maximum Gasteiger partial charge on any atom is 0.248 e. The molecule has 21 heavy (non-hydrogen) atoms. The molecule has 0 aliphatic heterocycles. The van der Waals surface area contributed by atoms with Crippen molar-refractivity contribution in [3.8, 4) is 6.07 Å². The number of amides is 2. The number of benzene rings is 1. The maximum atomic E-state index is 11.8. The fourth-order valence-electron chi connectivity index (χ4n) is 2.25. The van der Waals surface area contributed by atoms with Gasteiger partial charge in [0.05, 0.1) is 6.07 Å². The van der Waals surface area contributed by atoms with Gasteiger partial charge in [-0.05, 0) is 49.9 Å². The second-order valence-electron chi connectivity index (χ2n) is 4.96. The van der Waals surface area contributed by atoms with Crippen molar-refractivity contribution in [1.29, 1.82) is 5.26 Å². The number of anilines is 2. The number of carbonyl (C=O) groups is 2. The van der Waals surface area contributed by atoms with Gasteiger partial charge in [-0.3, -0.25) is 9.59 Å². The molecule has 1 fully saturated rings. The van der Waals surface area contributed by atoms with E-state index < -0.39 is 0 Å². The molecule has 1 aliphatic carbocycles. The highest BCUT2D eigenvalue weighted by molar-refractivity contribution is 6.00. The molecule has 0 unspecified atom stereocenters. The quantitative estimate of drug-likeness (QED) is 0.833. The van der Waals surface area contributed by atoms with Gasteiger partial charge in [-0.1, -0.05) is 5.57 Å². The lowest BCUT2D eigenvalue weighted by Crippen LogP contribution is -2.11. The van der Waals surface area contributed by atoms with Crippen molar-refractivity contribution >= 4 is 23.2 Å². The molecule has 1 aromatic rings. The summed E-state index contributed by atoms with van der Waals surface area (Å²) in [5.74, 6) is -0.464. The lowest BCUT2D eigenvalue weighted by atomic mass is 10.2. The summed E-state index contributed by atoms with van der Waals surface area (Å²) in [6.07, 6.45) is 5.85. The molecule has 1 saturated carbocycles. The van der Waals surface area contributed by atoms with Gasteiger partial charge in [0.2, 0.25) is 11.8 Å². The predicted octanol–water partition coefficient (Wildman–Crippen LogP) is 2.98. The zero-order chi connectivity index (χ0) is 15.1. The minimum absolute atomic E-state index is 0.117. The standard InChI is InChI=1S/C16H17N3O2/c17-10-9-15(20)18-13-5-7-14(8-6-13)19-16(21)11-12-3-1-2-4-12/h5-8,11H,1-4,9H2,(H,18,20)(H,19,21). The second-order valence-corrected chi connectivity index (χ2v) is 4.96. The summed E-state index contributed by atoms with van der Waals surface area (Å²) in [6.45, 7) is 0. The third kappa shape index (κ3) is 4.77. The van der Waals surface area contributed by atoms with Crippen LogP contribution in [-0.2, 0) is 9.59 Å². The SMILES string of the molecule is N#CCC(=O)Nc1ccc(NC(=O)C=C2CCCC2)cc1. The van der Waals surface area contributed by atoms with Crippen LogP contribution in [0.2, 0.25) is 0 Å². The van der Waals surface area contributed by atoms with Gasteiger partial charge in [0.25, 0.3) is 0 Å². The van der Waals surface area contributed by atoms with E-state index in [9.17, 15) is 9.59 Å². The van der Waals surface area contributed by atoms with Gasteiger partial charge in [0.15, 0.2) is 0 Å². The summed E-state index contributed by atoms with van der Waals surface area (Å²) in [5.41, 5.74) is 2.48. The number of hydrogen-bond donors (Lipinski definition) is 2. The zero-order valence-corrected chi connectivity index (χ0v) is 11.7. The fraction of sp³-hybridized carbons (Fsp3) is 0.312. The number of rotatable bonds is 4. The number of nitriles is 1. The van der Waals surface area contributed by atoms with E-state index in [1.807, 2.05) is 0 Å². The van der Waals surface area contributed by atoms with Gasteiger partial charge in [-0.15, -0.1) is 0 Å². The molecule has 0 heterocycles. The van der Waals surface area contributed by atoms with Crippen LogP contribution in [-0.4, -0.2) is 11.8 Å². The molecule has 0 bridgehead atoms. The number of carbonyl (C=O) groups excluding carboxylic acids is 2. The minimum atomic E-state index is -0.347. The third-order valence-corrected chi connectivity index (χ3v) is 3.26. The van der Waals surface area contributed by atoms with Crippen molar-refractivity contribution < 1.29 is 9.59 Å². The van der Waals surface area contributed by atoms with Crippen molar-refractivity contribution in [2.45, 2.75) is 32.1 Å². The van der Waals surface area contributed by atoms with E-state index in [1.54, 1.807) is 36.4 Å². The highest BCUT2D eigenvalue weighted by Gasteiger charge is 2.08. The average Bonchev–Trinajstić information content (AvgIpc) is 2.94. The minimum Gasteiger partial charge on any atom is -0.325 e. The Kier molecular flexibility index (Phi) is 5.10. The molecule has 0 atom stereocenters. The monoisotopic (exact) mass is 283 g/mol. The molecule has 1 aromatic carbocycles. The summed E-state index contributed by atoms with van der Waals surface area (Å²) < 4.78 is 0. The summed E-state index contributed by atoms with van der Waals surface area (Å²) in [6, 6.07) is 8.59. The molecule has 5 nitrogen and oxygen atoms in total. The summed E-state index contributed by atoms with van der Waals surface area (Å²) >= 11 is 0. The van der Waals surface area contributed by atoms with Gasteiger partial charge in [0, 0.05) is 17.5 Å². The molecule has 108 valence electrons. The molecule has 0 radical (unpaired) electrons. The van der Waals surface area contributed by atoms with Crippen LogP contribution in [0, 0.1) is 11.3 Å². The summed E-state index contributed by atoms with van der Waals surface area (Å²) in [7, 11) is 0. The molecule has 0 saturated heterocycles. The van der Waals surface area contributed by atoms with Crippen LogP contribution in [0.15, 0.2) is 35.9 Å². The molecule has 2 rings (SSSR count). The Hall–Kier alpha value is -2.61. The number of allylic oxidation sites excluding steroid dienone is 1. The van der Waals surface area contributed by atoms with Crippen molar-refractivity contribution in [3.05, 3.63) is 35.9 Å². The smallest absolute Gasteiger partial charge is 0.248 e. The van der Waals surface area contributed by atoms with Crippen LogP contribution in [0.25, 0.3) is 0 Å². The molecule has 5 heteroatoms. The van der Waals surface area contributed by atoms with Crippen LogP contribution in [0.4, 0.5) is 11.4 Å². The highest BCUT2D eigenvalue weighted by Crippen LogP contribution is 2.23. The third-order valence-electron chi connectivity index (χ3n) is 3.26. The topological polar surface area (TPSA) is 82.0 Å². The molecule has 2 amide bonds. The molecule has 2 N–H and O–H groups in total. The molecular weight excluding hydrogens is 266 g/mol. The molecular formula is C16H17N3O2. The zero-order valence-electron chi connectivity index (χ0n) is 11.7. The van der Waals surface area contributed by atoms with Crippen molar-refractivity contribution in [3.63, 3.8) is 0 Å². The average molecular weight is 283 g/mol. The van der Waals surface area contributed by atoms with Gasteiger partial charge in [-0.2, -0.15) is 5.26 Å². The van der Waals surface area contributed by atoms with E-state index in [1.165, 1.54) is 5.57 Å². The number of nitrogens with one attached hydrogen (secondary N) is 2. The van der Waals surface area contributed by atoms with E-state index in [-0.39, 0.29) is 18.2 Å². The fourth-order valence-corrected chi connectivity index (χ4v) is 2.25. The Morgan fingerprint density at radius 3 is 2.24 bits per heavy atom. The van der Waals surface area contributed by atoms with E-state index in [0.29, 0.717) is 11.4 Å². The van der Waals surface area contributed by atoms with Crippen LogP contribution >= 0.6 is 0 Å². The second kappa shape index (κ2) is 7.25. The lowest BCUT2D eigenvalue weighted by molar-refractivity contribution is -0.115. The van der Waals surface area contributed by atoms with E-state index in [0.717, 1.165) is 25.7 Å². The van der Waals surface area contributed by atoms with Crippen LogP contribution < -0.4 is 10.6 Å². The lowest BCUT2D eigenvalue weighted by Gasteiger charge is -2.06. The first-order chi connectivity index (χ1) is 10.2. The maximum absolute atomic E-state index is 11.8. The Balaban J connectivity index is 1.90. The first-order valence-electron chi connectivity index (χ1n) is 6.94. The Morgan fingerprint density at radius 2 is 1.67 bits per heavy atom. The van der Waals surface area contributed by atoms with Crippen molar-refractivity contribution in [2.24, 2.45) is 0 Å². The normalized spacial score (nSPS) is 13.4. The van der Waals surface area contributed by atoms with Crippen LogP contribution in [0.3, 0.4) is 0 Å².